The summed E-state index contributed by atoms with van der Waals surface area (Å²) < 4.78 is 0. The number of rotatable bonds is 6. The van der Waals surface area contributed by atoms with Crippen LogP contribution in [0.5, 0.6) is 0 Å². The van der Waals surface area contributed by atoms with Crippen LogP contribution in [0.4, 0.5) is 5.69 Å². The third-order valence-corrected chi connectivity index (χ3v) is 3.22. The number of anilines is 1. The molecule has 1 rings (SSSR count). The van der Waals surface area contributed by atoms with E-state index in [4.69, 9.17) is 0 Å². The van der Waals surface area contributed by atoms with Crippen LogP contribution in [0.15, 0.2) is 18.2 Å². The van der Waals surface area contributed by atoms with Crippen molar-refractivity contribution in [2.45, 2.75) is 40.7 Å². The van der Waals surface area contributed by atoms with Crippen LogP contribution in [0, 0.1) is 19.8 Å². The van der Waals surface area contributed by atoms with Gasteiger partial charge in [0.25, 0.3) is 0 Å². The minimum Gasteiger partial charge on any atom is -0.374 e. The maximum absolute atomic E-state index is 3.50. The van der Waals surface area contributed by atoms with Crippen molar-refractivity contribution in [1.82, 2.24) is 5.32 Å². The highest BCUT2D eigenvalue weighted by atomic mass is 15.1. The van der Waals surface area contributed by atoms with E-state index in [0.717, 1.165) is 13.1 Å². The van der Waals surface area contributed by atoms with Gasteiger partial charge in [0, 0.05) is 25.3 Å². The molecule has 1 atom stereocenters. The predicted octanol–water partition coefficient (Wildman–Crippen LogP) is 3.37. The molecule has 0 aliphatic carbocycles. The van der Waals surface area contributed by atoms with E-state index in [0.29, 0.717) is 12.0 Å². The summed E-state index contributed by atoms with van der Waals surface area (Å²) in [5.41, 5.74) is 4.04. The Bertz CT molecular complexity index is 371. The summed E-state index contributed by atoms with van der Waals surface area (Å²) in [6.07, 6.45) is 0. The molecule has 1 aromatic carbocycles. The normalized spacial score (nSPS) is 12.8. The molecule has 1 N–H and O–H groups in total. The van der Waals surface area contributed by atoms with Crippen molar-refractivity contribution < 1.29 is 0 Å². The standard InChI is InChI=1S/C16H28N2/c1-12(2)17-10-14(4)11-18(6)16-8-7-13(3)9-15(16)5/h7-9,12,14,17H,10-11H2,1-6H3. The van der Waals surface area contributed by atoms with Gasteiger partial charge >= 0.3 is 0 Å². The van der Waals surface area contributed by atoms with Gasteiger partial charge in [-0.2, -0.15) is 0 Å². The van der Waals surface area contributed by atoms with Gasteiger partial charge in [-0.25, -0.2) is 0 Å². The van der Waals surface area contributed by atoms with Crippen LogP contribution in [0.25, 0.3) is 0 Å². The van der Waals surface area contributed by atoms with Crippen LogP contribution in [0.3, 0.4) is 0 Å². The molecule has 0 radical (unpaired) electrons. The molecule has 102 valence electrons. The first-order valence-electron chi connectivity index (χ1n) is 6.92. The average Bonchev–Trinajstić information content (AvgIpc) is 2.26. The summed E-state index contributed by atoms with van der Waals surface area (Å²) in [4.78, 5) is 2.36. The summed E-state index contributed by atoms with van der Waals surface area (Å²) >= 11 is 0. The quantitative estimate of drug-likeness (QED) is 0.830. The van der Waals surface area contributed by atoms with Crippen molar-refractivity contribution in [2.24, 2.45) is 5.92 Å². The fourth-order valence-electron chi connectivity index (χ4n) is 2.30. The maximum Gasteiger partial charge on any atom is 0.0393 e. The lowest BCUT2D eigenvalue weighted by molar-refractivity contribution is 0.478. The monoisotopic (exact) mass is 248 g/mol. The molecule has 0 aromatic heterocycles. The molecule has 0 spiro atoms. The van der Waals surface area contributed by atoms with E-state index >= 15 is 0 Å². The molecule has 2 heteroatoms. The van der Waals surface area contributed by atoms with Crippen LogP contribution in [-0.4, -0.2) is 26.2 Å². The van der Waals surface area contributed by atoms with Crippen LogP contribution < -0.4 is 10.2 Å². The van der Waals surface area contributed by atoms with Crippen LogP contribution >= 0.6 is 0 Å². The second-order valence-corrected chi connectivity index (χ2v) is 5.84. The third-order valence-electron chi connectivity index (χ3n) is 3.22. The lowest BCUT2D eigenvalue weighted by Crippen LogP contribution is -2.34. The predicted molar refractivity (Wildman–Crippen MR) is 81.5 cm³/mol. The molecular formula is C16H28N2. The molecule has 18 heavy (non-hydrogen) atoms. The zero-order chi connectivity index (χ0) is 13.7. The molecular weight excluding hydrogens is 220 g/mol. The Hall–Kier alpha value is -1.02. The van der Waals surface area contributed by atoms with Gasteiger partial charge < -0.3 is 10.2 Å². The Morgan fingerprint density at radius 3 is 2.39 bits per heavy atom. The smallest absolute Gasteiger partial charge is 0.0393 e. The van der Waals surface area contributed by atoms with Gasteiger partial charge in [-0.1, -0.05) is 38.5 Å². The van der Waals surface area contributed by atoms with Crippen molar-refractivity contribution in [2.75, 3.05) is 25.0 Å². The Morgan fingerprint density at radius 1 is 1.17 bits per heavy atom. The van der Waals surface area contributed by atoms with Crippen molar-refractivity contribution in [1.29, 1.82) is 0 Å². The highest BCUT2D eigenvalue weighted by Gasteiger charge is 2.09. The second kappa shape index (κ2) is 6.79. The van der Waals surface area contributed by atoms with Gasteiger partial charge in [-0.05, 0) is 37.9 Å². The molecule has 0 amide bonds. The summed E-state index contributed by atoms with van der Waals surface area (Å²) in [6.45, 7) is 13.2. The Morgan fingerprint density at radius 2 is 1.83 bits per heavy atom. The SMILES string of the molecule is Cc1ccc(N(C)CC(C)CNC(C)C)c(C)c1. The fourth-order valence-corrected chi connectivity index (χ4v) is 2.30. The molecule has 0 saturated heterocycles. The van der Waals surface area contributed by atoms with Crippen LogP contribution in [-0.2, 0) is 0 Å². The third kappa shape index (κ3) is 4.69. The Kier molecular flexibility index (Phi) is 5.67. The number of hydrogen-bond donors (Lipinski definition) is 1. The van der Waals surface area contributed by atoms with Crippen molar-refractivity contribution in [3.8, 4) is 0 Å². The van der Waals surface area contributed by atoms with Gasteiger partial charge in [0.15, 0.2) is 0 Å². The Labute approximate surface area is 112 Å². The van der Waals surface area contributed by atoms with Gasteiger partial charge in [-0.15, -0.1) is 0 Å². The number of benzene rings is 1. The molecule has 0 saturated carbocycles. The lowest BCUT2D eigenvalue weighted by atomic mass is 10.1. The van der Waals surface area contributed by atoms with E-state index in [9.17, 15) is 0 Å². The van der Waals surface area contributed by atoms with E-state index in [1.54, 1.807) is 0 Å². The number of nitrogens with one attached hydrogen (secondary N) is 1. The molecule has 0 fully saturated rings. The lowest BCUT2D eigenvalue weighted by Gasteiger charge is -2.26. The van der Waals surface area contributed by atoms with Crippen LogP contribution in [0.1, 0.15) is 31.9 Å². The second-order valence-electron chi connectivity index (χ2n) is 5.84. The Balaban J connectivity index is 2.56. The first-order valence-corrected chi connectivity index (χ1v) is 6.92. The summed E-state index contributed by atoms with van der Waals surface area (Å²) in [6, 6.07) is 7.24. The van der Waals surface area contributed by atoms with E-state index in [-0.39, 0.29) is 0 Å². The van der Waals surface area contributed by atoms with E-state index in [2.05, 4.69) is 70.1 Å². The molecule has 2 nitrogen and oxygen atoms in total. The number of nitrogens with zero attached hydrogens (tertiary/aromatic N) is 1. The zero-order valence-electron chi connectivity index (χ0n) is 12.7. The highest BCUT2D eigenvalue weighted by Crippen LogP contribution is 2.20. The van der Waals surface area contributed by atoms with Gasteiger partial charge in [0.1, 0.15) is 0 Å². The van der Waals surface area contributed by atoms with E-state index in [1.807, 2.05) is 0 Å². The first-order chi connectivity index (χ1) is 8.40. The molecule has 0 bridgehead atoms. The summed E-state index contributed by atoms with van der Waals surface area (Å²) in [5, 5.41) is 3.50. The van der Waals surface area contributed by atoms with E-state index < -0.39 is 0 Å². The molecule has 0 aliphatic heterocycles. The highest BCUT2D eigenvalue weighted by molar-refractivity contribution is 5.53. The first kappa shape index (κ1) is 15.0. The summed E-state index contributed by atoms with van der Waals surface area (Å²) in [7, 11) is 2.18. The molecule has 1 aromatic rings. The minimum absolute atomic E-state index is 0.568. The van der Waals surface area contributed by atoms with E-state index in [1.165, 1.54) is 16.8 Å². The van der Waals surface area contributed by atoms with Crippen molar-refractivity contribution in [3.63, 3.8) is 0 Å². The van der Waals surface area contributed by atoms with Crippen molar-refractivity contribution in [3.05, 3.63) is 29.3 Å². The van der Waals surface area contributed by atoms with Crippen LogP contribution in [0.2, 0.25) is 0 Å². The number of aryl methyl sites for hydroxylation is 2. The minimum atomic E-state index is 0.568. The molecule has 0 aliphatic rings. The zero-order valence-corrected chi connectivity index (χ0v) is 12.7. The van der Waals surface area contributed by atoms with Gasteiger partial charge in [-0.3, -0.25) is 0 Å². The number of hydrogen-bond acceptors (Lipinski definition) is 2. The largest absolute Gasteiger partial charge is 0.374 e. The van der Waals surface area contributed by atoms with Crippen molar-refractivity contribution >= 4 is 5.69 Å². The topological polar surface area (TPSA) is 15.3 Å². The average molecular weight is 248 g/mol. The van der Waals surface area contributed by atoms with Gasteiger partial charge in [0.05, 0.1) is 0 Å². The van der Waals surface area contributed by atoms with Gasteiger partial charge in [0.2, 0.25) is 0 Å². The molecule has 0 heterocycles. The molecule has 1 unspecified atom stereocenters. The fraction of sp³-hybridized carbons (Fsp3) is 0.625. The summed E-state index contributed by atoms with van der Waals surface area (Å²) in [5.74, 6) is 0.651. The maximum atomic E-state index is 3.50.